The van der Waals surface area contributed by atoms with Crippen LogP contribution in [0.3, 0.4) is 0 Å². The van der Waals surface area contributed by atoms with Gasteiger partial charge in [0.25, 0.3) is 0 Å². The number of unbranched alkanes of at least 4 members (excludes halogenated alkanes) is 6. The van der Waals surface area contributed by atoms with Gasteiger partial charge in [-0.3, -0.25) is 0 Å². The van der Waals surface area contributed by atoms with Crippen LogP contribution in [0.15, 0.2) is 0 Å². The molecule has 0 aromatic heterocycles. The van der Waals surface area contributed by atoms with E-state index in [1.807, 2.05) is 0 Å². The monoisotopic (exact) mass is 340 g/mol. The van der Waals surface area contributed by atoms with Crippen molar-refractivity contribution in [1.29, 1.82) is 0 Å². The van der Waals surface area contributed by atoms with Gasteiger partial charge in [0, 0.05) is 12.1 Å². The Morgan fingerprint density at radius 3 is 1.58 bits per heavy atom. The molecule has 5 unspecified atom stereocenters. The first-order chi connectivity index (χ1) is 11.4. The Kier molecular flexibility index (Phi) is 15.1. The highest BCUT2D eigenvalue weighted by molar-refractivity contribution is 4.74. The summed E-state index contributed by atoms with van der Waals surface area (Å²) in [6.07, 6.45) is 15.6. The molecule has 0 aliphatic rings. The van der Waals surface area contributed by atoms with E-state index < -0.39 is 0 Å². The summed E-state index contributed by atoms with van der Waals surface area (Å²) in [7, 11) is 0. The predicted molar refractivity (Wildman–Crippen MR) is 110 cm³/mol. The molecule has 0 saturated carbocycles. The SMILES string of the molecule is CCCCC(C)C(C)C(N)CCCCCCCCC(N)C(C)CC. The fourth-order valence-corrected chi connectivity index (χ4v) is 3.53. The van der Waals surface area contributed by atoms with Crippen LogP contribution in [-0.4, -0.2) is 12.1 Å². The van der Waals surface area contributed by atoms with E-state index in [2.05, 4.69) is 34.6 Å². The molecule has 2 heteroatoms. The third-order valence-corrected chi connectivity index (χ3v) is 6.29. The Bertz CT molecular complexity index is 267. The van der Waals surface area contributed by atoms with Gasteiger partial charge in [-0.1, -0.05) is 98.8 Å². The molecule has 0 aromatic rings. The highest BCUT2D eigenvalue weighted by Gasteiger charge is 2.18. The predicted octanol–water partition coefficient (Wildman–Crippen LogP) is 6.27. The summed E-state index contributed by atoms with van der Waals surface area (Å²) in [6, 6.07) is 0.801. The molecule has 0 bridgehead atoms. The topological polar surface area (TPSA) is 52.0 Å². The average Bonchev–Trinajstić information content (AvgIpc) is 2.59. The summed E-state index contributed by atoms with van der Waals surface area (Å²) in [5, 5.41) is 0. The van der Waals surface area contributed by atoms with Crippen LogP contribution in [0, 0.1) is 17.8 Å². The van der Waals surface area contributed by atoms with Gasteiger partial charge in [0.15, 0.2) is 0 Å². The van der Waals surface area contributed by atoms with Crippen LogP contribution in [0.2, 0.25) is 0 Å². The van der Waals surface area contributed by atoms with Gasteiger partial charge >= 0.3 is 0 Å². The highest BCUT2D eigenvalue weighted by Crippen LogP contribution is 2.23. The van der Waals surface area contributed by atoms with Gasteiger partial charge in [0.1, 0.15) is 0 Å². The van der Waals surface area contributed by atoms with Crippen molar-refractivity contribution < 1.29 is 0 Å². The maximum atomic E-state index is 6.41. The Morgan fingerprint density at radius 2 is 1.08 bits per heavy atom. The fourth-order valence-electron chi connectivity index (χ4n) is 3.53. The van der Waals surface area contributed by atoms with Gasteiger partial charge in [-0.25, -0.2) is 0 Å². The molecule has 0 aromatic carbocycles. The summed E-state index contributed by atoms with van der Waals surface area (Å²) >= 11 is 0. The molecule has 0 aliphatic heterocycles. The zero-order valence-corrected chi connectivity index (χ0v) is 17.5. The minimum absolute atomic E-state index is 0.394. The molecule has 0 amide bonds. The summed E-state index contributed by atoms with van der Waals surface area (Å²) in [5.41, 5.74) is 12.6. The molecule has 0 saturated heterocycles. The Hall–Kier alpha value is -0.0800. The molecule has 0 spiro atoms. The lowest BCUT2D eigenvalue weighted by molar-refractivity contribution is 0.288. The molecule has 0 fully saturated rings. The van der Waals surface area contributed by atoms with Gasteiger partial charge < -0.3 is 11.5 Å². The molecule has 0 heterocycles. The molecule has 0 radical (unpaired) electrons. The summed E-state index contributed by atoms with van der Waals surface area (Å²) < 4.78 is 0. The van der Waals surface area contributed by atoms with Gasteiger partial charge in [0.05, 0.1) is 0 Å². The van der Waals surface area contributed by atoms with E-state index in [0.717, 1.165) is 5.92 Å². The first-order valence-electron chi connectivity index (χ1n) is 10.9. The average molecular weight is 341 g/mol. The molecule has 0 rings (SSSR count). The minimum atomic E-state index is 0.394. The molecule has 146 valence electrons. The van der Waals surface area contributed by atoms with E-state index in [-0.39, 0.29) is 0 Å². The van der Waals surface area contributed by atoms with Gasteiger partial charge in [-0.05, 0) is 30.6 Å². The third kappa shape index (κ3) is 11.5. The van der Waals surface area contributed by atoms with Crippen molar-refractivity contribution in [2.24, 2.45) is 29.2 Å². The molecule has 2 nitrogen and oxygen atoms in total. The van der Waals surface area contributed by atoms with E-state index in [9.17, 15) is 0 Å². The van der Waals surface area contributed by atoms with Crippen molar-refractivity contribution in [3.63, 3.8) is 0 Å². The third-order valence-electron chi connectivity index (χ3n) is 6.29. The molecule has 0 aliphatic carbocycles. The standard InChI is InChI=1S/C22H48N2/c1-6-8-15-19(4)20(5)22(24)17-14-12-10-9-11-13-16-21(23)18(3)7-2/h18-22H,6-17,23-24H2,1-5H3. The zero-order valence-electron chi connectivity index (χ0n) is 17.5. The van der Waals surface area contributed by atoms with E-state index in [4.69, 9.17) is 11.5 Å². The van der Waals surface area contributed by atoms with Crippen molar-refractivity contribution >= 4 is 0 Å². The Balaban J connectivity index is 3.55. The molecule has 4 N–H and O–H groups in total. The molecule has 24 heavy (non-hydrogen) atoms. The van der Waals surface area contributed by atoms with E-state index in [0.29, 0.717) is 23.9 Å². The minimum Gasteiger partial charge on any atom is -0.327 e. The first kappa shape index (κ1) is 23.9. The van der Waals surface area contributed by atoms with Crippen LogP contribution in [0.25, 0.3) is 0 Å². The normalized spacial score (nSPS) is 18.1. The molecular formula is C22H48N2. The quantitative estimate of drug-likeness (QED) is 0.325. The molecule has 5 atom stereocenters. The van der Waals surface area contributed by atoms with Crippen LogP contribution in [0.4, 0.5) is 0 Å². The smallest absolute Gasteiger partial charge is 0.00670 e. The van der Waals surface area contributed by atoms with Crippen LogP contribution < -0.4 is 11.5 Å². The van der Waals surface area contributed by atoms with Crippen molar-refractivity contribution in [2.45, 2.75) is 124 Å². The van der Waals surface area contributed by atoms with Crippen molar-refractivity contribution in [2.75, 3.05) is 0 Å². The second-order valence-electron chi connectivity index (χ2n) is 8.39. The highest BCUT2D eigenvalue weighted by atomic mass is 14.6. The van der Waals surface area contributed by atoms with Crippen LogP contribution >= 0.6 is 0 Å². The van der Waals surface area contributed by atoms with Crippen molar-refractivity contribution in [1.82, 2.24) is 0 Å². The van der Waals surface area contributed by atoms with Gasteiger partial charge in [0.2, 0.25) is 0 Å². The van der Waals surface area contributed by atoms with E-state index in [1.54, 1.807) is 0 Å². The molecular weight excluding hydrogens is 292 g/mol. The lowest BCUT2D eigenvalue weighted by Crippen LogP contribution is -2.32. The maximum Gasteiger partial charge on any atom is 0.00670 e. The zero-order chi connectivity index (χ0) is 18.4. The van der Waals surface area contributed by atoms with E-state index in [1.165, 1.54) is 77.0 Å². The summed E-state index contributed by atoms with van der Waals surface area (Å²) in [6.45, 7) is 11.5. The fraction of sp³-hybridized carbons (Fsp3) is 1.00. The maximum absolute atomic E-state index is 6.41. The Labute approximate surface area is 153 Å². The number of hydrogen-bond acceptors (Lipinski definition) is 2. The second kappa shape index (κ2) is 15.2. The van der Waals surface area contributed by atoms with Crippen LogP contribution in [0.1, 0.15) is 112 Å². The number of nitrogens with two attached hydrogens (primary N) is 2. The van der Waals surface area contributed by atoms with E-state index >= 15 is 0 Å². The summed E-state index contributed by atoms with van der Waals surface area (Å²) in [5.74, 6) is 2.11. The van der Waals surface area contributed by atoms with Crippen LogP contribution in [-0.2, 0) is 0 Å². The lowest BCUT2D eigenvalue weighted by Gasteiger charge is -2.26. The first-order valence-corrected chi connectivity index (χ1v) is 10.9. The largest absolute Gasteiger partial charge is 0.327 e. The summed E-state index contributed by atoms with van der Waals surface area (Å²) in [4.78, 5) is 0. The van der Waals surface area contributed by atoms with Gasteiger partial charge in [-0.2, -0.15) is 0 Å². The van der Waals surface area contributed by atoms with Crippen molar-refractivity contribution in [3.8, 4) is 0 Å². The second-order valence-corrected chi connectivity index (χ2v) is 8.39. The van der Waals surface area contributed by atoms with Crippen molar-refractivity contribution in [3.05, 3.63) is 0 Å². The lowest BCUT2D eigenvalue weighted by atomic mass is 9.84. The number of rotatable bonds is 16. The van der Waals surface area contributed by atoms with Gasteiger partial charge in [-0.15, -0.1) is 0 Å². The van der Waals surface area contributed by atoms with Crippen LogP contribution in [0.5, 0.6) is 0 Å². The number of hydrogen-bond donors (Lipinski definition) is 2. The Morgan fingerprint density at radius 1 is 0.583 bits per heavy atom.